The van der Waals surface area contributed by atoms with E-state index in [1.165, 1.54) is 20.7 Å². The van der Waals surface area contributed by atoms with Crippen LogP contribution in [0, 0.1) is 5.92 Å². The van der Waals surface area contributed by atoms with Gasteiger partial charge in [-0.2, -0.15) is 0 Å². The Hall–Kier alpha value is 0.01000. The van der Waals surface area contributed by atoms with Crippen LogP contribution in [0.3, 0.4) is 0 Å². The van der Waals surface area contributed by atoms with E-state index in [9.17, 15) is 0 Å². The van der Waals surface area contributed by atoms with E-state index < -0.39 is 0 Å². The first-order valence-corrected chi connectivity index (χ1v) is 6.60. The van der Waals surface area contributed by atoms with Crippen molar-refractivity contribution in [2.45, 2.75) is 17.9 Å². The van der Waals surface area contributed by atoms with Gasteiger partial charge in [0, 0.05) is 21.2 Å². The van der Waals surface area contributed by atoms with Crippen molar-refractivity contribution in [2.24, 2.45) is 5.92 Å². The van der Waals surface area contributed by atoms with E-state index in [1.807, 2.05) is 18.8 Å². The fraction of sp³-hybridized carbons (Fsp3) is 0.455. The molecule has 1 N–H and O–H groups in total. The minimum Gasteiger partial charge on any atom is -0.313 e. The summed E-state index contributed by atoms with van der Waals surface area (Å²) in [5.41, 5.74) is 1.44. The number of nitrogens with one attached hydrogen (secondary N) is 1. The van der Waals surface area contributed by atoms with E-state index in [0.717, 1.165) is 0 Å². The Morgan fingerprint density at radius 3 is 3.00 bits per heavy atom. The average Bonchev–Trinajstić information content (AvgIpc) is 2.18. The molecule has 0 amide bonds. The fourth-order valence-electron chi connectivity index (χ4n) is 1.98. The number of rotatable bonds is 1. The molecule has 14 heavy (non-hydrogen) atoms. The molecule has 0 aromatic heterocycles. The molecule has 3 heteroatoms. The molecular formula is C11H14BrNS. The van der Waals surface area contributed by atoms with Crippen molar-refractivity contribution < 1.29 is 0 Å². The number of benzene rings is 1. The van der Waals surface area contributed by atoms with E-state index in [2.05, 4.69) is 46.4 Å². The van der Waals surface area contributed by atoms with Gasteiger partial charge in [-0.25, -0.2) is 0 Å². The van der Waals surface area contributed by atoms with Crippen LogP contribution < -0.4 is 5.32 Å². The third-order valence-electron chi connectivity index (χ3n) is 2.70. The van der Waals surface area contributed by atoms with Crippen LogP contribution in [0.1, 0.15) is 18.5 Å². The summed E-state index contributed by atoms with van der Waals surface area (Å²) in [7, 11) is 2.04. The minimum absolute atomic E-state index is 0.503. The lowest BCUT2D eigenvalue weighted by Crippen LogP contribution is -2.28. The van der Waals surface area contributed by atoms with Gasteiger partial charge >= 0.3 is 0 Å². The predicted octanol–water partition coefficient (Wildman–Crippen LogP) is 3.45. The lowest BCUT2D eigenvalue weighted by atomic mass is 9.95. The number of hydrogen-bond acceptors (Lipinski definition) is 2. The van der Waals surface area contributed by atoms with Crippen LogP contribution in [0.4, 0.5) is 0 Å². The lowest BCUT2D eigenvalue weighted by Gasteiger charge is -2.31. The third kappa shape index (κ3) is 1.73. The Labute approximate surface area is 97.8 Å². The zero-order valence-corrected chi connectivity index (χ0v) is 10.8. The largest absolute Gasteiger partial charge is 0.313 e. The van der Waals surface area contributed by atoms with Crippen molar-refractivity contribution in [3.05, 3.63) is 28.2 Å². The molecule has 1 aromatic carbocycles. The molecule has 1 aromatic rings. The maximum Gasteiger partial charge on any atom is 0.0363 e. The van der Waals surface area contributed by atoms with Crippen molar-refractivity contribution in [3.8, 4) is 0 Å². The molecule has 1 aliphatic rings. The van der Waals surface area contributed by atoms with Gasteiger partial charge in [0.1, 0.15) is 0 Å². The van der Waals surface area contributed by atoms with Crippen molar-refractivity contribution in [3.63, 3.8) is 0 Å². The smallest absolute Gasteiger partial charge is 0.0363 e. The van der Waals surface area contributed by atoms with Crippen LogP contribution in [-0.4, -0.2) is 12.8 Å². The van der Waals surface area contributed by atoms with Crippen molar-refractivity contribution in [2.75, 3.05) is 12.8 Å². The molecule has 2 unspecified atom stereocenters. The first kappa shape index (κ1) is 10.5. The highest BCUT2D eigenvalue weighted by molar-refractivity contribution is 9.10. The Morgan fingerprint density at radius 2 is 2.29 bits per heavy atom. The molecule has 2 rings (SSSR count). The first-order valence-electron chi connectivity index (χ1n) is 4.82. The summed E-state index contributed by atoms with van der Waals surface area (Å²) in [4.78, 5) is 1.41. The maximum atomic E-state index is 3.61. The number of halogens is 1. The Bertz CT molecular complexity index is 340. The highest BCUT2D eigenvalue weighted by Crippen LogP contribution is 2.42. The Kier molecular flexibility index (Phi) is 3.20. The van der Waals surface area contributed by atoms with Gasteiger partial charge in [0.15, 0.2) is 0 Å². The summed E-state index contributed by atoms with van der Waals surface area (Å²) in [6, 6.07) is 6.97. The highest BCUT2D eigenvalue weighted by atomic mass is 79.9. The van der Waals surface area contributed by atoms with E-state index in [1.54, 1.807) is 0 Å². The summed E-state index contributed by atoms with van der Waals surface area (Å²) in [6.45, 7) is 2.30. The zero-order valence-electron chi connectivity index (χ0n) is 8.38. The molecule has 0 aliphatic carbocycles. The quantitative estimate of drug-likeness (QED) is 0.840. The molecule has 1 heterocycles. The summed E-state index contributed by atoms with van der Waals surface area (Å²) in [5, 5.41) is 3.40. The van der Waals surface area contributed by atoms with Gasteiger partial charge in [0.25, 0.3) is 0 Å². The third-order valence-corrected chi connectivity index (χ3v) is 5.06. The van der Waals surface area contributed by atoms with Gasteiger partial charge in [-0.05, 0) is 40.5 Å². The van der Waals surface area contributed by atoms with Gasteiger partial charge < -0.3 is 5.32 Å². The molecule has 1 aliphatic heterocycles. The summed E-state index contributed by atoms with van der Waals surface area (Å²) >= 11 is 5.57. The number of fused-ring (bicyclic) bond motifs is 1. The normalized spacial score (nSPS) is 25.9. The lowest BCUT2D eigenvalue weighted by molar-refractivity contribution is 0.436. The van der Waals surface area contributed by atoms with Crippen molar-refractivity contribution in [1.29, 1.82) is 0 Å². The van der Waals surface area contributed by atoms with Crippen molar-refractivity contribution in [1.82, 2.24) is 5.32 Å². The molecular weight excluding hydrogens is 258 g/mol. The minimum atomic E-state index is 0.503. The molecule has 1 nitrogen and oxygen atoms in total. The summed E-state index contributed by atoms with van der Waals surface area (Å²) in [5.74, 6) is 1.90. The van der Waals surface area contributed by atoms with Crippen LogP contribution >= 0.6 is 27.7 Å². The second-order valence-electron chi connectivity index (χ2n) is 3.71. The van der Waals surface area contributed by atoms with Crippen LogP contribution in [0.5, 0.6) is 0 Å². The summed E-state index contributed by atoms with van der Waals surface area (Å²) < 4.78 is 1.23. The van der Waals surface area contributed by atoms with Crippen LogP contribution in [0.2, 0.25) is 0 Å². The second-order valence-corrected chi connectivity index (χ2v) is 5.60. The van der Waals surface area contributed by atoms with Crippen LogP contribution in [0.15, 0.2) is 27.6 Å². The van der Waals surface area contributed by atoms with E-state index in [0.29, 0.717) is 12.0 Å². The number of hydrogen-bond donors (Lipinski definition) is 1. The molecule has 0 radical (unpaired) electrons. The standard InChI is InChI=1S/C11H14BrNS/c1-7-6-14-11-8(10(7)13-2)4-3-5-9(11)12/h3-5,7,10,13H,6H2,1-2H3. The molecule has 76 valence electrons. The van der Waals surface area contributed by atoms with E-state index in [-0.39, 0.29) is 0 Å². The van der Waals surface area contributed by atoms with E-state index >= 15 is 0 Å². The SMILES string of the molecule is CNC1c2cccc(Br)c2SCC1C. The Balaban J connectivity index is 2.46. The maximum absolute atomic E-state index is 3.61. The fourth-order valence-corrected chi connectivity index (χ4v) is 3.89. The zero-order chi connectivity index (χ0) is 10.1. The first-order chi connectivity index (χ1) is 6.74. The second kappa shape index (κ2) is 4.25. The van der Waals surface area contributed by atoms with Crippen LogP contribution in [-0.2, 0) is 0 Å². The molecule has 0 bridgehead atoms. The molecule has 0 saturated heterocycles. The summed E-state index contributed by atoms with van der Waals surface area (Å²) in [6.07, 6.45) is 0. The predicted molar refractivity (Wildman–Crippen MR) is 65.8 cm³/mol. The van der Waals surface area contributed by atoms with E-state index in [4.69, 9.17) is 0 Å². The van der Waals surface area contributed by atoms with Gasteiger partial charge in [-0.3, -0.25) is 0 Å². The molecule has 0 saturated carbocycles. The molecule has 0 spiro atoms. The monoisotopic (exact) mass is 271 g/mol. The number of thioether (sulfide) groups is 1. The van der Waals surface area contributed by atoms with Gasteiger partial charge in [0.2, 0.25) is 0 Å². The topological polar surface area (TPSA) is 12.0 Å². The van der Waals surface area contributed by atoms with Gasteiger partial charge in [-0.1, -0.05) is 19.1 Å². The van der Waals surface area contributed by atoms with Gasteiger partial charge in [0.05, 0.1) is 0 Å². The van der Waals surface area contributed by atoms with Crippen molar-refractivity contribution >= 4 is 27.7 Å². The molecule has 2 atom stereocenters. The Morgan fingerprint density at radius 1 is 1.50 bits per heavy atom. The average molecular weight is 272 g/mol. The molecule has 0 fully saturated rings. The van der Waals surface area contributed by atoms with Crippen LogP contribution in [0.25, 0.3) is 0 Å². The highest BCUT2D eigenvalue weighted by Gasteiger charge is 2.26. The van der Waals surface area contributed by atoms with Gasteiger partial charge in [-0.15, -0.1) is 11.8 Å².